The molecular weight excluding hydrogens is 428 g/mol. The molecule has 5 atom stereocenters. The fraction of sp³-hybridized carbons (Fsp3) is 0.440. The van der Waals surface area contributed by atoms with Crippen LogP contribution in [0.2, 0.25) is 5.02 Å². The summed E-state index contributed by atoms with van der Waals surface area (Å²) in [4.78, 5) is 23.1. The largest absolute Gasteiger partial charge is 0.482 e. The Balaban J connectivity index is 2.13. The fourth-order valence-corrected chi connectivity index (χ4v) is 5.43. The number of ether oxygens (including phenoxy) is 1. The van der Waals surface area contributed by atoms with Gasteiger partial charge in [-0.3, -0.25) is 0 Å². The van der Waals surface area contributed by atoms with Crippen molar-refractivity contribution in [2.75, 3.05) is 6.61 Å². The van der Waals surface area contributed by atoms with Gasteiger partial charge in [-0.05, 0) is 73.6 Å². The Bertz CT molecular complexity index is 994. The molecule has 6 nitrogen and oxygen atoms in total. The molecule has 0 aliphatic heterocycles. The molecule has 5 N–H and O–H groups in total. The summed E-state index contributed by atoms with van der Waals surface area (Å²) in [5.41, 5.74) is 14.9. The van der Waals surface area contributed by atoms with E-state index >= 15 is 0 Å². The average molecular weight is 459 g/mol. The van der Waals surface area contributed by atoms with Crippen molar-refractivity contribution in [3.63, 3.8) is 0 Å². The number of aryl methyl sites for hydroxylation is 1. The summed E-state index contributed by atoms with van der Waals surface area (Å²) in [7, 11) is 0. The van der Waals surface area contributed by atoms with Gasteiger partial charge < -0.3 is 26.1 Å². The summed E-state index contributed by atoms with van der Waals surface area (Å²) in [5.74, 6) is -0.752. The number of hydrogen-bond donors (Lipinski definition) is 3. The minimum Gasteiger partial charge on any atom is -0.482 e. The molecule has 0 spiro atoms. The maximum absolute atomic E-state index is 12.3. The van der Waals surface area contributed by atoms with Crippen LogP contribution in [0.25, 0.3) is 0 Å². The van der Waals surface area contributed by atoms with Crippen LogP contribution in [0.5, 0.6) is 5.75 Å². The zero-order chi connectivity index (χ0) is 23.7. The Morgan fingerprint density at radius 1 is 1.31 bits per heavy atom. The van der Waals surface area contributed by atoms with E-state index in [4.69, 9.17) is 32.9 Å². The Kier molecular flexibility index (Phi) is 6.98. The van der Waals surface area contributed by atoms with Gasteiger partial charge in [-0.15, -0.1) is 0 Å². The third kappa shape index (κ3) is 4.27. The van der Waals surface area contributed by atoms with E-state index in [1.54, 1.807) is 6.07 Å². The van der Waals surface area contributed by atoms with Crippen molar-refractivity contribution in [1.82, 2.24) is 0 Å². The number of aliphatic carboxylic acids is 1. The van der Waals surface area contributed by atoms with E-state index < -0.39 is 29.6 Å². The van der Waals surface area contributed by atoms with Crippen LogP contribution in [0.1, 0.15) is 55.2 Å². The monoisotopic (exact) mass is 458 g/mol. The number of carbonyl (C=O) groups excluding carboxylic acids is 1. The second-order valence-electron chi connectivity index (χ2n) is 9.13. The maximum Gasteiger partial charge on any atom is 0.341 e. The predicted octanol–water partition coefficient (Wildman–Crippen LogP) is 4.02. The molecule has 0 aromatic heterocycles. The number of carboxylic acid groups (broad SMARTS) is 1. The summed E-state index contributed by atoms with van der Waals surface area (Å²) in [5, 5.41) is 9.50. The molecule has 7 heteroatoms. The second kappa shape index (κ2) is 9.22. The quantitative estimate of drug-likeness (QED) is 0.539. The van der Waals surface area contributed by atoms with Gasteiger partial charge in [0.15, 0.2) is 6.61 Å². The van der Waals surface area contributed by atoms with E-state index in [2.05, 4.69) is 0 Å². The number of nitrogens with two attached hydrogens (primary N) is 2. The van der Waals surface area contributed by atoms with Gasteiger partial charge in [-0.1, -0.05) is 36.7 Å². The molecule has 5 unspecified atom stereocenters. The van der Waals surface area contributed by atoms with Crippen molar-refractivity contribution >= 4 is 23.9 Å². The predicted molar refractivity (Wildman–Crippen MR) is 125 cm³/mol. The van der Waals surface area contributed by atoms with Gasteiger partial charge in [-0.25, -0.2) is 4.79 Å². The Hall–Kier alpha value is -2.41. The van der Waals surface area contributed by atoms with Gasteiger partial charge in [0, 0.05) is 22.4 Å². The number of aldehydes is 1. The van der Waals surface area contributed by atoms with Gasteiger partial charge in [0.25, 0.3) is 0 Å². The molecule has 3 rings (SSSR count). The fourth-order valence-electron chi connectivity index (χ4n) is 5.30. The van der Waals surface area contributed by atoms with Crippen LogP contribution in [-0.4, -0.2) is 35.5 Å². The van der Waals surface area contributed by atoms with Crippen molar-refractivity contribution in [3.8, 4) is 5.75 Å². The molecule has 1 fully saturated rings. The summed E-state index contributed by atoms with van der Waals surface area (Å²) in [6.45, 7) is 5.34. The molecule has 0 saturated heterocycles. The number of carbonyl (C=O) groups is 2. The molecule has 2 aromatic rings. The van der Waals surface area contributed by atoms with Gasteiger partial charge in [0.1, 0.15) is 12.0 Å². The van der Waals surface area contributed by atoms with E-state index in [-0.39, 0.29) is 11.8 Å². The molecule has 0 radical (unpaired) electrons. The highest BCUT2D eigenvalue weighted by Crippen LogP contribution is 2.57. The highest BCUT2D eigenvalue weighted by molar-refractivity contribution is 6.30. The first-order valence-electron chi connectivity index (χ1n) is 10.7. The summed E-state index contributed by atoms with van der Waals surface area (Å²) < 4.78 is 5.34. The lowest BCUT2D eigenvalue weighted by atomic mass is 9.50. The van der Waals surface area contributed by atoms with E-state index in [9.17, 15) is 9.59 Å². The standard InChI is InChI=1S/C25H31ClN2O4/c1-15-12-19(32-13-22(30)31)8-9-20(15)21-10-11-24(3,14-29)25(28,16(2)27)23(21)17-4-6-18(26)7-5-17/h4-9,12,14,16,21,23H,10-11,13,27-28H2,1-3H3,(H,30,31). The molecule has 1 saturated carbocycles. The van der Waals surface area contributed by atoms with Gasteiger partial charge >= 0.3 is 5.97 Å². The molecule has 0 amide bonds. The van der Waals surface area contributed by atoms with Crippen LogP contribution in [0.3, 0.4) is 0 Å². The van der Waals surface area contributed by atoms with Crippen molar-refractivity contribution < 1.29 is 19.4 Å². The van der Waals surface area contributed by atoms with Crippen molar-refractivity contribution in [3.05, 3.63) is 64.2 Å². The third-order valence-corrected chi connectivity index (χ3v) is 7.38. The molecule has 32 heavy (non-hydrogen) atoms. The van der Waals surface area contributed by atoms with Crippen molar-refractivity contribution in [2.45, 2.75) is 57.0 Å². The topological polar surface area (TPSA) is 116 Å². The Morgan fingerprint density at radius 3 is 2.50 bits per heavy atom. The van der Waals surface area contributed by atoms with E-state index in [0.717, 1.165) is 29.4 Å². The lowest BCUT2D eigenvalue weighted by Gasteiger charge is -2.57. The average Bonchev–Trinajstić information content (AvgIpc) is 2.75. The third-order valence-electron chi connectivity index (χ3n) is 7.13. The lowest BCUT2D eigenvalue weighted by molar-refractivity contribution is -0.139. The highest BCUT2D eigenvalue weighted by Gasteiger charge is 2.58. The summed E-state index contributed by atoms with van der Waals surface area (Å²) >= 11 is 6.15. The molecule has 0 bridgehead atoms. The number of carboxylic acids is 1. The SMILES string of the molecule is Cc1cc(OCC(=O)O)ccc1C1CCC(C)(C=O)C(N)(C(C)N)C1c1ccc(Cl)cc1. The number of benzene rings is 2. The number of rotatable bonds is 7. The summed E-state index contributed by atoms with van der Waals surface area (Å²) in [6, 6.07) is 12.7. The smallest absolute Gasteiger partial charge is 0.341 e. The molecule has 0 heterocycles. The van der Waals surface area contributed by atoms with Crippen LogP contribution in [-0.2, 0) is 9.59 Å². The van der Waals surface area contributed by atoms with E-state index in [1.165, 1.54) is 0 Å². The zero-order valence-corrected chi connectivity index (χ0v) is 19.4. The van der Waals surface area contributed by atoms with Crippen molar-refractivity contribution in [2.24, 2.45) is 16.9 Å². The minimum atomic E-state index is -1.03. The number of hydrogen-bond acceptors (Lipinski definition) is 5. The van der Waals surface area contributed by atoms with Gasteiger partial charge in [-0.2, -0.15) is 0 Å². The Morgan fingerprint density at radius 2 is 1.97 bits per heavy atom. The first-order valence-corrected chi connectivity index (χ1v) is 11.1. The maximum atomic E-state index is 12.3. The van der Waals surface area contributed by atoms with Crippen LogP contribution >= 0.6 is 11.6 Å². The molecule has 1 aliphatic carbocycles. The lowest BCUT2D eigenvalue weighted by Crippen LogP contribution is -2.70. The van der Waals surface area contributed by atoms with Gasteiger partial charge in [0.2, 0.25) is 0 Å². The number of halogens is 1. The van der Waals surface area contributed by atoms with Crippen molar-refractivity contribution in [1.29, 1.82) is 0 Å². The van der Waals surface area contributed by atoms with Crippen LogP contribution in [0, 0.1) is 12.3 Å². The van der Waals surface area contributed by atoms with Crippen LogP contribution in [0.15, 0.2) is 42.5 Å². The summed E-state index contributed by atoms with van der Waals surface area (Å²) in [6.07, 6.45) is 2.33. The first kappa shape index (κ1) is 24.2. The van der Waals surface area contributed by atoms with Crippen LogP contribution in [0.4, 0.5) is 0 Å². The van der Waals surface area contributed by atoms with Gasteiger partial charge in [0.05, 0.1) is 5.54 Å². The molecule has 2 aromatic carbocycles. The Labute approximate surface area is 193 Å². The second-order valence-corrected chi connectivity index (χ2v) is 9.57. The first-order chi connectivity index (χ1) is 15.0. The minimum absolute atomic E-state index is 0.00808. The van der Waals surface area contributed by atoms with E-state index in [1.807, 2.05) is 57.2 Å². The molecule has 172 valence electrons. The normalized spacial score (nSPS) is 28.7. The van der Waals surface area contributed by atoms with E-state index in [0.29, 0.717) is 17.2 Å². The zero-order valence-electron chi connectivity index (χ0n) is 18.7. The molecular formula is C25H31ClN2O4. The van der Waals surface area contributed by atoms with Crippen LogP contribution < -0.4 is 16.2 Å². The molecule has 1 aliphatic rings. The highest BCUT2D eigenvalue weighted by atomic mass is 35.5.